The third-order valence-electron chi connectivity index (χ3n) is 4.08. The number of hydrogen-bond donors (Lipinski definition) is 1. The molecule has 1 fully saturated rings. The Labute approximate surface area is 129 Å². The van der Waals surface area contributed by atoms with E-state index in [1.165, 1.54) is 10.6 Å². The van der Waals surface area contributed by atoms with Crippen LogP contribution in [-0.2, 0) is 11.3 Å². The monoisotopic (exact) mass is 308 g/mol. The van der Waals surface area contributed by atoms with Crippen molar-refractivity contribution in [3.63, 3.8) is 0 Å². The molecule has 1 saturated heterocycles. The quantitative estimate of drug-likeness (QED) is 0.915. The lowest BCUT2D eigenvalue weighted by Gasteiger charge is -2.32. The number of rotatable bonds is 5. The zero-order valence-electron chi connectivity index (χ0n) is 13.1. The van der Waals surface area contributed by atoms with Crippen LogP contribution in [0.5, 0.6) is 0 Å². The van der Waals surface area contributed by atoms with Gasteiger partial charge in [-0.05, 0) is 20.4 Å². The van der Waals surface area contributed by atoms with Crippen molar-refractivity contribution in [1.29, 1.82) is 0 Å². The average Bonchev–Trinajstić information content (AvgIpc) is 2.96. The van der Waals surface area contributed by atoms with Crippen molar-refractivity contribution < 1.29 is 4.74 Å². The van der Waals surface area contributed by atoms with Crippen LogP contribution >= 0.6 is 11.3 Å². The van der Waals surface area contributed by atoms with Gasteiger partial charge in [0.15, 0.2) is 4.96 Å². The highest BCUT2D eigenvalue weighted by molar-refractivity contribution is 7.17. The van der Waals surface area contributed by atoms with E-state index >= 15 is 0 Å². The van der Waals surface area contributed by atoms with Gasteiger partial charge < -0.3 is 10.1 Å². The first kappa shape index (κ1) is 15.0. The average molecular weight is 308 g/mol. The summed E-state index contributed by atoms with van der Waals surface area (Å²) in [5, 5.41) is 3.54. The van der Waals surface area contributed by atoms with Crippen LogP contribution in [0.3, 0.4) is 0 Å². The summed E-state index contributed by atoms with van der Waals surface area (Å²) in [5.74, 6) is 0. The molecule has 6 heteroatoms. The van der Waals surface area contributed by atoms with Gasteiger partial charge >= 0.3 is 0 Å². The fourth-order valence-corrected chi connectivity index (χ4v) is 3.75. The fourth-order valence-electron chi connectivity index (χ4n) is 2.86. The molecule has 2 aromatic rings. The second-order valence-electron chi connectivity index (χ2n) is 5.66. The SMILES string of the molecule is CCN1CCOC(CNCc2c(C)nc3sc(C)cn23)C1. The molecular formula is C15H24N4OS. The molecule has 3 heterocycles. The van der Waals surface area contributed by atoms with E-state index in [9.17, 15) is 0 Å². The van der Waals surface area contributed by atoms with Crippen LogP contribution in [0.25, 0.3) is 4.96 Å². The standard InChI is InChI=1S/C15H24N4OS/c1-4-18-5-6-20-13(10-18)7-16-8-14-12(3)17-15-19(14)9-11(2)21-15/h9,13,16H,4-8,10H2,1-3H3. The molecule has 1 unspecified atom stereocenters. The fraction of sp³-hybridized carbons (Fsp3) is 0.667. The summed E-state index contributed by atoms with van der Waals surface area (Å²) in [5.41, 5.74) is 2.38. The van der Waals surface area contributed by atoms with Crippen LogP contribution in [0.4, 0.5) is 0 Å². The molecular weight excluding hydrogens is 284 g/mol. The van der Waals surface area contributed by atoms with E-state index in [1.807, 2.05) is 0 Å². The van der Waals surface area contributed by atoms with E-state index in [1.54, 1.807) is 11.3 Å². The van der Waals surface area contributed by atoms with Crippen LogP contribution in [0, 0.1) is 13.8 Å². The van der Waals surface area contributed by atoms with E-state index in [2.05, 4.69) is 46.6 Å². The number of thiazole rings is 1. The molecule has 5 nitrogen and oxygen atoms in total. The molecule has 116 valence electrons. The zero-order chi connectivity index (χ0) is 14.8. The van der Waals surface area contributed by atoms with Gasteiger partial charge in [-0.15, -0.1) is 11.3 Å². The lowest BCUT2D eigenvalue weighted by atomic mass is 10.2. The Morgan fingerprint density at radius 2 is 2.33 bits per heavy atom. The van der Waals surface area contributed by atoms with Crippen molar-refractivity contribution in [2.24, 2.45) is 0 Å². The Bertz CT molecular complexity index is 606. The smallest absolute Gasteiger partial charge is 0.194 e. The largest absolute Gasteiger partial charge is 0.374 e. The van der Waals surface area contributed by atoms with Gasteiger partial charge in [0.05, 0.1) is 24.1 Å². The number of likely N-dealkylation sites (N-methyl/N-ethyl adjacent to an activating group) is 1. The predicted molar refractivity (Wildman–Crippen MR) is 86.1 cm³/mol. The minimum Gasteiger partial charge on any atom is -0.374 e. The summed E-state index contributed by atoms with van der Waals surface area (Å²) in [4.78, 5) is 9.46. The maximum atomic E-state index is 5.83. The third-order valence-corrected chi connectivity index (χ3v) is 4.97. The van der Waals surface area contributed by atoms with E-state index in [4.69, 9.17) is 4.74 Å². The number of morpholine rings is 1. The number of aromatic nitrogens is 2. The molecule has 0 spiro atoms. The van der Waals surface area contributed by atoms with Crippen molar-refractivity contribution in [3.8, 4) is 0 Å². The number of nitrogens with one attached hydrogen (secondary N) is 1. The van der Waals surface area contributed by atoms with Crippen molar-refractivity contribution in [3.05, 3.63) is 22.5 Å². The number of nitrogens with zero attached hydrogens (tertiary/aromatic N) is 3. The molecule has 0 saturated carbocycles. The van der Waals surface area contributed by atoms with E-state index in [-0.39, 0.29) is 0 Å². The van der Waals surface area contributed by atoms with Gasteiger partial charge in [0, 0.05) is 37.3 Å². The summed E-state index contributed by atoms with van der Waals surface area (Å²) in [7, 11) is 0. The second-order valence-corrected chi connectivity index (χ2v) is 6.87. The molecule has 3 rings (SSSR count). The maximum Gasteiger partial charge on any atom is 0.194 e. The molecule has 1 aliphatic heterocycles. The van der Waals surface area contributed by atoms with Crippen molar-refractivity contribution >= 4 is 16.3 Å². The number of ether oxygens (including phenoxy) is 1. The Hall–Kier alpha value is -0.950. The number of aryl methyl sites for hydroxylation is 2. The lowest BCUT2D eigenvalue weighted by molar-refractivity contribution is -0.0254. The lowest BCUT2D eigenvalue weighted by Crippen LogP contribution is -2.46. The Kier molecular flexibility index (Phi) is 4.59. The highest BCUT2D eigenvalue weighted by Crippen LogP contribution is 2.20. The van der Waals surface area contributed by atoms with Gasteiger partial charge in [0.2, 0.25) is 0 Å². The molecule has 0 amide bonds. The third kappa shape index (κ3) is 3.29. The van der Waals surface area contributed by atoms with Gasteiger partial charge in [-0.2, -0.15) is 0 Å². The second kappa shape index (κ2) is 6.44. The molecule has 21 heavy (non-hydrogen) atoms. The van der Waals surface area contributed by atoms with Gasteiger partial charge in [-0.3, -0.25) is 9.30 Å². The molecule has 2 aromatic heterocycles. The minimum absolute atomic E-state index is 0.298. The van der Waals surface area contributed by atoms with Crippen LogP contribution in [0.2, 0.25) is 0 Å². The highest BCUT2D eigenvalue weighted by atomic mass is 32.1. The van der Waals surface area contributed by atoms with Crippen molar-refractivity contribution in [2.75, 3.05) is 32.8 Å². The van der Waals surface area contributed by atoms with E-state index in [0.717, 1.165) is 50.0 Å². The van der Waals surface area contributed by atoms with Crippen LogP contribution in [0.1, 0.15) is 23.2 Å². The number of imidazole rings is 1. The Morgan fingerprint density at radius 3 is 3.14 bits per heavy atom. The van der Waals surface area contributed by atoms with Crippen molar-refractivity contribution in [2.45, 2.75) is 33.4 Å². The first-order chi connectivity index (χ1) is 10.2. The van der Waals surface area contributed by atoms with Crippen LogP contribution in [-0.4, -0.2) is 53.2 Å². The van der Waals surface area contributed by atoms with E-state index < -0.39 is 0 Å². The number of fused-ring (bicyclic) bond motifs is 1. The molecule has 0 aromatic carbocycles. The summed E-state index contributed by atoms with van der Waals surface area (Å²) in [6.07, 6.45) is 2.47. The van der Waals surface area contributed by atoms with E-state index in [0.29, 0.717) is 6.10 Å². The molecule has 0 radical (unpaired) electrons. The van der Waals surface area contributed by atoms with Crippen molar-refractivity contribution in [1.82, 2.24) is 19.6 Å². The summed E-state index contributed by atoms with van der Waals surface area (Å²) < 4.78 is 8.04. The van der Waals surface area contributed by atoms with Gasteiger partial charge in [-0.25, -0.2) is 4.98 Å². The normalized spacial score (nSPS) is 20.4. The molecule has 1 aliphatic rings. The van der Waals surface area contributed by atoms with Crippen LogP contribution in [0.15, 0.2) is 6.20 Å². The predicted octanol–water partition coefficient (Wildman–Crippen LogP) is 1.82. The maximum absolute atomic E-state index is 5.83. The Balaban J connectivity index is 1.58. The summed E-state index contributed by atoms with van der Waals surface area (Å²) >= 11 is 1.74. The summed E-state index contributed by atoms with van der Waals surface area (Å²) in [6, 6.07) is 0. The van der Waals surface area contributed by atoms with Gasteiger partial charge in [0.25, 0.3) is 0 Å². The summed E-state index contributed by atoms with van der Waals surface area (Å²) in [6.45, 7) is 12.2. The molecule has 0 aliphatic carbocycles. The first-order valence-corrected chi connectivity index (χ1v) is 8.47. The van der Waals surface area contributed by atoms with Gasteiger partial charge in [-0.1, -0.05) is 6.92 Å². The topological polar surface area (TPSA) is 41.8 Å². The highest BCUT2D eigenvalue weighted by Gasteiger charge is 2.19. The molecule has 1 N–H and O–H groups in total. The van der Waals surface area contributed by atoms with Crippen LogP contribution < -0.4 is 5.32 Å². The number of hydrogen-bond acceptors (Lipinski definition) is 5. The molecule has 1 atom stereocenters. The Morgan fingerprint density at radius 1 is 1.48 bits per heavy atom. The minimum atomic E-state index is 0.298. The zero-order valence-corrected chi connectivity index (χ0v) is 13.9. The first-order valence-electron chi connectivity index (χ1n) is 7.66. The molecule has 0 bridgehead atoms. The van der Waals surface area contributed by atoms with Gasteiger partial charge in [0.1, 0.15) is 0 Å².